The average Bonchev–Trinajstić information content (AvgIpc) is 3.01. The zero-order chi connectivity index (χ0) is 19.0. The summed E-state index contributed by atoms with van der Waals surface area (Å²) in [5.74, 6) is -1.12. The van der Waals surface area contributed by atoms with Gasteiger partial charge in [-0.15, -0.1) is 12.4 Å². The molecule has 150 valence electrons. The first kappa shape index (κ1) is 20.6. The van der Waals surface area contributed by atoms with Crippen molar-refractivity contribution >= 4 is 18.3 Å². The Balaban J connectivity index is 0.00000225. The molecule has 1 N–H and O–H groups in total. The molecular weight excluding hydrogens is 386 g/mol. The lowest BCUT2D eigenvalue weighted by molar-refractivity contribution is 0.0681. The fourth-order valence-corrected chi connectivity index (χ4v) is 4.06. The molecule has 2 atom stereocenters. The minimum absolute atomic E-state index is 0. The maximum Gasteiger partial charge on any atom is 0.253 e. The van der Waals surface area contributed by atoms with Crippen LogP contribution in [-0.4, -0.2) is 36.0 Å². The van der Waals surface area contributed by atoms with Crippen molar-refractivity contribution in [3.05, 3.63) is 59.7 Å². The summed E-state index contributed by atoms with van der Waals surface area (Å²) in [4.78, 5) is 14.6. The third-order valence-corrected chi connectivity index (χ3v) is 5.54. The number of benzene rings is 2. The van der Waals surface area contributed by atoms with Gasteiger partial charge >= 0.3 is 0 Å². The number of nitrogens with one attached hydrogen (secondary N) is 1. The fraction of sp³-hybridized carbons (Fsp3) is 0.381. The van der Waals surface area contributed by atoms with Crippen molar-refractivity contribution in [2.75, 3.05) is 7.05 Å². The second kappa shape index (κ2) is 8.45. The first-order valence-corrected chi connectivity index (χ1v) is 9.26. The molecule has 0 radical (unpaired) electrons. The van der Waals surface area contributed by atoms with Crippen molar-refractivity contribution in [1.29, 1.82) is 0 Å². The third-order valence-electron chi connectivity index (χ3n) is 5.54. The average molecular weight is 409 g/mol. The highest BCUT2D eigenvalue weighted by atomic mass is 35.5. The summed E-state index contributed by atoms with van der Waals surface area (Å²) in [5.41, 5.74) is 0.565. The Bertz CT molecular complexity index is 835. The van der Waals surface area contributed by atoms with Gasteiger partial charge in [-0.05, 0) is 62.1 Å². The highest BCUT2D eigenvalue weighted by Gasteiger charge is 2.36. The fourth-order valence-electron chi connectivity index (χ4n) is 4.06. The Morgan fingerprint density at radius 2 is 1.71 bits per heavy atom. The summed E-state index contributed by atoms with van der Waals surface area (Å²) in [7, 11) is 1.86. The van der Waals surface area contributed by atoms with Gasteiger partial charge in [-0.2, -0.15) is 0 Å². The van der Waals surface area contributed by atoms with Crippen LogP contribution in [0.2, 0.25) is 0 Å². The minimum Gasteiger partial charge on any atom is -0.454 e. The molecule has 0 aromatic heterocycles. The van der Waals surface area contributed by atoms with E-state index in [0.29, 0.717) is 23.4 Å². The van der Waals surface area contributed by atoms with Crippen molar-refractivity contribution in [2.24, 2.45) is 0 Å². The molecule has 2 aliphatic rings. The molecule has 2 aromatic rings. The molecule has 2 saturated heterocycles. The number of amides is 1. The van der Waals surface area contributed by atoms with Gasteiger partial charge < -0.3 is 15.0 Å². The summed E-state index contributed by atoms with van der Waals surface area (Å²) in [5, 5.41) is 3.58. The van der Waals surface area contributed by atoms with Gasteiger partial charge in [0.25, 0.3) is 5.91 Å². The van der Waals surface area contributed by atoms with E-state index in [0.717, 1.165) is 25.0 Å². The topological polar surface area (TPSA) is 41.6 Å². The summed E-state index contributed by atoms with van der Waals surface area (Å²) in [6, 6.07) is 11.0. The number of rotatable bonds is 4. The molecule has 0 aliphatic carbocycles. The van der Waals surface area contributed by atoms with E-state index in [2.05, 4.69) is 5.32 Å². The Kier molecular flexibility index (Phi) is 6.20. The van der Waals surface area contributed by atoms with Crippen LogP contribution >= 0.6 is 12.4 Å². The molecule has 0 spiro atoms. The van der Waals surface area contributed by atoms with Crippen LogP contribution in [0, 0.1) is 11.6 Å². The van der Waals surface area contributed by atoms with E-state index in [1.54, 1.807) is 24.3 Å². The summed E-state index contributed by atoms with van der Waals surface area (Å²) < 4.78 is 32.1. The Labute approximate surface area is 169 Å². The molecule has 28 heavy (non-hydrogen) atoms. The highest BCUT2D eigenvalue weighted by molar-refractivity contribution is 5.94. The number of hydrogen-bond acceptors (Lipinski definition) is 3. The number of halogens is 3. The SMILES string of the molecule is CN(C(=O)c1ccc(Oc2ccc(F)cc2F)cc1)C1CC2CCC(C1)N2.Cl. The molecule has 2 bridgehead atoms. The van der Waals surface area contributed by atoms with Crippen LogP contribution in [0.25, 0.3) is 0 Å². The number of carbonyl (C=O) groups excluding carboxylic acids is 1. The third kappa shape index (κ3) is 4.28. The minimum atomic E-state index is -0.768. The molecule has 2 fully saturated rings. The van der Waals surface area contributed by atoms with Crippen LogP contribution in [0.3, 0.4) is 0 Å². The Morgan fingerprint density at radius 3 is 2.32 bits per heavy atom. The second-order valence-electron chi connectivity index (χ2n) is 7.38. The molecular formula is C21H23ClF2N2O2. The van der Waals surface area contributed by atoms with E-state index in [1.807, 2.05) is 11.9 Å². The molecule has 7 heteroatoms. The second-order valence-corrected chi connectivity index (χ2v) is 7.38. The number of piperidine rings is 1. The number of nitrogens with zero attached hydrogens (tertiary/aromatic N) is 1. The number of hydrogen-bond donors (Lipinski definition) is 1. The van der Waals surface area contributed by atoms with Crippen LogP contribution in [0.4, 0.5) is 8.78 Å². The van der Waals surface area contributed by atoms with Crippen molar-refractivity contribution in [3.63, 3.8) is 0 Å². The molecule has 4 rings (SSSR count). The lowest BCUT2D eigenvalue weighted by Crippen LogP contribution is -2.48. The molecule has 2 aromatic carbocycles. The molecule has 4 nitrogen and oxygen atoms in total. The van der Waals surface area contributed by atoms with Gasteiger partial charge in [-0.25, -0.2) is 8.78 Å². The zero-order valence-corrected chi connectivity index (χ0v) is 16.3. The van der Waals surface area contributed by atoms with Crippen molar-refractivity contribution in [1.82, 2.24) is 10.2 Å². The summed E-state index contributed by atoms with van der Waals surface area (Å²) in [6.07, 6.45) is 4.36. The van der Waals surface area contributed by atoms with Gasteiger partial charge in [-0.3, -0.25) is 4.79 Å². The lowest BCUT2D eigenvalue weighted by atomic mass is 9.98. The van der Waals surface area contributed by atoms with Gasteiger partial charge in [-0.1, -0.05) is 0 Å². The quantitative estimate of drug-likeness (QED) is 0.807. The Hall–Kier alpha value is -2.18. The van der Waals surface area contributed by atoms with E-state index in [1.165, 1.54) is 18.9 Å². The predicted octanol–water partition coefficient (Wildman–Crippen LogP) is 4.53. The van der Waals surface area contributed by atoms with Crippen molar-refractivity contribution in [3.8, 4) is 11.5 Å². The standard InChI is InChI=1S/C21H22F2N2O2.ClH/c1-25(17-11-15-5-6-16(12-17)24-15)21(26)13-2-7-18(8-3-13)27-20-9-4-14(22)10-19(20)23;/h2-4,7-10,15-17,24H,5-6,11-12H2,1H3;1H. The predicted molar refractivity (Wildman–Crippen MR) is 105 cm³/mol. The smallest absolute Gasteiger partial charge is 0.253 e. The van der Waals surface area contributed by atoms with Gasteiger partial charge in [0.1, 0.15) is 11.6 Å². The van der Waals surface area contributed by atoms with Crippen molar-refractivity contribution < 1.29 is 18.3 Å². The van der Waals surface area contributed by atoms with Crippen LogP contribution in [0.1, 0.15) is 36.0 Å². The van der Waals surface area contributed by atoms with Crippen LogP contribution in [0.15, 0.2) is 42.5 Å². The van der Waals surface area contributed by atoms with Crippen molar-refractivity contribution in [2.45, 2.75) is 43.8 Å². The van der Waals surface area contributed by atoms with Crippen LogP contribution in [-0.2, 0) is 0 Å². The highest BCUT2D eigenvalue weighted by Crippen LogP contribution is 2.30. The molecule has 1 amide bonds. The zero-order valence-electron chi connectivity index (χ0n) is 15.5. The van der Waals surface area contributed by atoms with Gasteiger partial charge in [0.15, 0.2) is 11.6 Å². The van der Waals surface area contributed by atoms with Gasteiger partial charge in [0.05, 0.1) is 0 Å². The molecule has 2 aliphatic heterocycles. The van der Waals surface area contributed by atoms with E-state index in [-0.39, 0.29) is 30.1 Å². The molecule has 2 unspecified atom stereocenters. The first-order chi connectivity index (χ1) is 13.0. The van der Waals surface area contributed by atoms with Gasteiger partial charge in [0.2, 0.25) is 0 Å². The number of fused-ring (bicyclic) bond motifs is 2. The number of carbonyl (C=O) groups is 1. The molecule has 2 heterocycles. The monoisotopic (exact) mass is 408 g/mol. The maximum absolute atomic E-state index is 13.7. The van der Waals surface area contributed by atoms with Crippen LogP contribution in [0.5, 0.6) is 11.5 Å². The van der Waals surface area contributed by atoms with Crippen LogP contribution < -0.4 is 10.1 Å². The summed E-state index contributed by atoms with van der Waals surface area (Å²) >= 11 is 0. The number of ether oxygens (including phenoxy) is 1. The Morgan fingerprint density at radius 1 is 1.07 bits per heavy atom. The summed E-state index contributed by atoms with van der Waals surface area (Å²) in [6.45, 7) is 0. The van der Waals surface area contributed by atoms with Gasteiger partial charge in [0, 0.05) is 36.8 Å². The van der Waals surface area contributed by atoms with E-state index in [9.17, 15) is 13.6 Å². The van der Waals surface area contributed by atoms with E-state index in [4.69, 9.17) is 4.74 Å². The largest absolute Gasteiger partial charge is 0.454 e. The maximum atomic E-state index is 13.7. The normalized spacial score (nSPS) is 23.0. The van der Waals surface area contributed by atoms with E-state index < -0.39 is 11.6 Å². The molecule has 0 saturated carbocycles. The first-order valence-electron chi connectivity index (χ1n) is 9.26. The van der Waals surface area contributed by atoms with E-state index >= 15 is 0 Å². The lowest BCUT2D eigenvalue weighted by Gasteiger charge is -2.35.